The van der Waals surface area contributed by atoms with E-state index < -0.39 is 5.97 Å². The van der Waals surface area contributed by atoms with Crippen LogP contribution in [0.15, 0.2) is 0 Å². The summed E-state index contributed by atoms with van der Waals surface area (Å²) in [6.07, 6.45) is 6.92. The van der Waals surface area contributed by atoms with E-state index in [9.17, 15) is 9.59 Å². The van der Waals surface area contributed by atoms with E-state index in [2.05, 4.69) is 6.92 Å². The number of ether oxygens (including phenoxy) is 1. The van der Waals surface area contributed by atoms with E-state index in [-0.39, 0.29) is 31.0 Å². The monoisotopic (exact) mass is 318 g/mol. The van der Waals surface area contributed by atoms with Crippen molar-refractivity contribution in [3.63, 3.8) is 0 Å². The van der Waals surface area contributed by atoms with Gasteiger partial charge in [0.2, 0.25) is 0 Å². The highest BCUT2D eigenvalue weighted by Gasteiger charge is 2.30. The number of esters is 1. The Morgan fingerprint density at radius 1 is 0.955 bits per heavy atom. The number of aliphatic hydroxyl groups excluding tert-OH is 2. The molecule has 0 aromatic rings. The normalized spacial score (nSPS) is 20.7. The molecular weight excluding hydrogens is 288 g/mol. The van der Waals surface area contributed by atoms with E-state index in [0.29, 0.717) is 32.3 Å². The van der Waals surface area contributed by atoms with Gasteiger partial charge in [-0.1, -0.05) is 26.2 Å². The van der Waals surface area contributed by atoms with E-state index in [1.165, 1.54) is 12.8 Å². The molecule has 0 spiro atoms. The Hall–Kier alpha value is -1.14. The summed E-state index contributed by atoms with van der Waals surface area (Å²) < 4.78 is 5.24. The van der Waals surface area contributed by atoms with Crippen LogP contribution >= 0.6 is 0 Å². The van der Waals surface area contributed by atoms with E-state index in [0.717, 1.165) is 12.8 Å². The summed E-state index contributed by atoms with van der Waals surface area (Å²) in [6.45, 7) is 2.41. The van der Waals surface area contributed by atoms with Gasteiger partial charge >= 0.3 is 11.9 Å². The van der Waals surface area contributed by atoms with E-state index in [1.807, 2.05) is 0 Å². The average Bonchev–Trinajstić information content (AvgIpc) is 2.54. The number of aliphatic hydroxyl groups is 2. The molecule has 0 radical (unpaired) electrons. The molecule has 0 aromatic carbocycles. The molecule has 0 aliphatic heterocycles. The molecule has 1 aliphatic rings. The van der Waals surface area contributed by atoms with Crippen molar-refractivity contribution in [2.24, 2.45) is 11.8 Å². The minimum absolute atomic E-state index is 0.0771. The van der Waals surface area contributed by atoms with Crippen LogP contribution in [0.25, 0.3) is 0 Å². The van der Waals surface area contributed by atoms with Gasteiger partial charge in [0.05, 0.1) is 31.7 Å². The van der Waals surface area contributed by atoms with Gasteiger partial charge in [0.15, 0.2) is 0 Å². The fraction of sp³-hybridized carbons (Fsp3) is 0.875. The third-order valence-corrected chi connectivity index (χ3v) is 3.75. The average molecular weight is 318 g/mol. The predicted octanol–water partition coefficient (Wildman–Crippen LogP) is 1.97. The standard InChI is InChI=1S/C14H24O4.C2H6O2/c1-2-3-4-5-10-18-14(17)12-8-6-11(7-9-12)13(15)16;3-1-2-4/h11-12H,2-10H2,1H3,(H,15,16);3-4H,1-2H2. The lowest BCUT2D eigenvalue weighted by Crippen LogP contribution is -2.27. The van der Waals surface area contributed by atoms with Crippen LogP contribution in [0.2, 0.25) is 0 Å². The van der Waals surface area contributed by atoms with Crippen LogP contribution in [0.5, 0.6) is 0 Å². The van der Waals surface area contributed by atoms with Crippen LogP contribution in [-0.4, -0.2) is 47.1 Å². The molecule has 22 heavy (non-hydrogen) atoms. The highest BCUT2D eigenvalue weighted by Crippen LogP contribution is 2.29. The number of aliphatic carboxylic acids is 1. The van der Waals surface area contributed by atoms with Gasteiger partial charge < -0.3 is 20.1 Å². The van der Waals surface area contributed by atoms with Crippen molar-refractivity contribution in [2.75, 3.05) is 19.8 Å². The summed E-state index contributed by atoms with van der Waals surface area (Å²) in [5.74, 6) is -1.21. The van der Waals surface area contributed by atoms with E-state index in [1.54, 1.807) is 0 Å². The first kappa shape index (κ1) is 20.9. The molecule has 1 fully saturated rings. The van der Waals surface area contributed by atoms with Crippen molar-refractivity contribution in [2.45, 2.75) is 58.3 Å². The van der Waals surface area contributed by atoms with Gasteiger partial charge in [0, 0.05) is 0 Å². The lowest BCUT2D eigenvalue weighted by molar-refractivity contribution is -0.152. The second-order valence-electron chi connectivity index (χ2n) is 5.56. The number of unbranched alkanes of at least 4 members (excludes halogenated alkanes) is 3. The Kier molecular flexibility index (Phi) is 12.8. The van der Waals surface area contributed by atoms with Crippen molar-refractivity contribution in [1.29, 1.82) is 0 Å². The molecule has 6 nitrogen and oxygen atoms in total. The quantitative estimate of drug-likeness (QED) is 0.467. The number of rotatable bonds is 8. The van der Waals surface area contributed by atoms with Gasteiger partial charge in [0.25, 0.3) is 0 Å². The van der Waals surface area contributed by atoms with Crippen LogP contribution in [0.1, 0.15) is 58.3 Å². The molecule has 0 aromatic heterocycles. The SMILES string of the molecule is CCCCCCOC(=O)C1CCC(C(=O)O)CC1.OCCO. The maximum Gasteiger partial charge on any atom is 0.308 e. The number of carboxylic acid groups (broad SMARTS) is 1. The van der Waals surface area contributed by atoms with Crippen molar-refractivity contribution < 1.29 is 29.6 Å². The molecule has 0 amide bonds. The van der Waals surface area contributed by atoms with E-state index >= 15 is 0 Å². The number of carbonyl (C=O) groups is 2. The van der Waals surface area contributed by atoms with Crippen molar-refractivity contribution in [3.8, 4) is 0 Å². The van der Waals surface area contributed by atoms with Gasteiger partial charge in [-0.05, 0) is 32.1 Å². The molecule has 0 bridgehead atoms. The van der Waals surface area contributed by atoms with Gasteiger partial charge in [-0.3, -0.25) is 9.59 Å². The summed E-state index contributed by atoms with van der Waals surface area (Å²) in [7, 11) is 0. The van der Waals surface area contributed by atoms with Crippen LogP contribution in [0, 0.1) is 11.8 Å². The minimum atomic E-state index is -0.735. The third kappa shape index (κ3) is 9.73. The largest absolute Gasteiger partial charge is 0.481 e. The number of hydrogen-bond acceptors (Lipinski definition) is 5. The smallest absolute Gasteiger partial charge is 0.308 e. The van der Waals surface area contributed by atoms with Crippen molar-refractivity contribution >= 4 is 11.9 Å². The summed E-state index contributed by atoms with van der Waals surface area (Å²) >= 11 is 0. The highest BCUT2D eigenvalue weighted by atomic mass is 16.5. The molecule has 130 valence electrons. The van der Waals surface area contributed by atoms with Crippen LogP contribution in [0.3, 0.4) is 0 Å². The fourth-order valence-corrected chi connectivity index (χ4v) is 2.40. The Balaban J connectivity index is 0.000000980. The molecule has 1 aliphatic carbocycles. The minimum Gasteiger partial charge on any atom is -0.481 e. The molecule has 0 atom stereocenters. The second-order valence-corrected chi connectivity index (χ2v) is 5.56. The second kappa shape index (κ2) is 13.5. The predicted molar refractivity (Wildman–Crippen MR) is 82.4 cm³/mol. The first-order chi connectivity index (χ1) is 10.6. The molecule has 6 heteroatoms. The van der Waals surface area contributed by atoms with Crippen molar-refractivity contribution in [3.05, 3.63) is 0 Å². The lowest BCUT2D eigenvalue weighted by Gasteiger charge is -2.24. The number of carboxylic acids is 1. The van der Waals surface area contributed by atoms with Crippen LogP contribution in [-0.2, 0) is 14.3 Å². The van der Waals surface area contributed by atoms with Crippen molar-refractivity contribution in [1.82, 2.24) is 0 Å². The van der Waals surface area contributed by atoms with Gasteiger partial charge in [-0.25, -0.2) is 0 Å². The zero-order valence-corrected chi connectivity index (χ0v) is 13.5. The fourth-order valence-electron chi connectivity index (χ4n) is 2.40. The zero-order chi connectivity index (χ0) is 16.8. The third-order valence-electron chi connectivity index (χ3n) is 3.75. The summed E-state index contributed by atoms with van der Waals surface area (Å²) in [6, 6.07) is 0. The summed E-state index contributed by atoms with van der Waals surface area (Å²) in [5, 5.41) is 24.1. The molecule has 0 unspecified atom stereocenters. The van der Waals surface area contributed by atoms with Gasteiger partial charge in [0.1, 0.15) is 0 Å². The maximum atomic E-state index is 11.7. The number of hydrogen-bond donors (Lipinski definition) is 3. The Morgan fingerprint density at radius 3 is 1.95 bits per heavy atom. The first-order valence-corrected chi connectivity index (χ1v) is 8.17. The molecule has 1 rings (SSSR count). The molecule has 3 N–H and O–H groups in total. The molecule has 0 saturated heterocycles. The first-order valence-electron chi connectivity index (χ1n) is 8.17. The van der Waals surface area contributed by atoms with Gasteiger partial charge in [-0.2, -0.15) is 0 Å². The molecule has 1 saturated carbocycles. The summed E-state index contributed by atoms with van der Waals surface area (Å²) in [4.78, 5) is 22.5. The van der Waals surface area contributed by atoms with Gasteiger partial charge in [-0.15, -0.1) is 0 Å². The topological polar surface area (TPSA) is 104 Å². The Morgan fingerprint density at radius 2 is 1.50 bits per heavy atom. The van der Waals surface area contributed by atoms with Crippen LogP contribution < -0.4 is 0 Å². The highest BCUT2D eigenvalue weighted by molar-refractivity contribution is 5.74. The van der Waals surface area contributed by atoms with Crippen LogP contribution in [0.4, 0.5) is 0 Å². The molecular formula is C16H30O6. The Labute approximate surface area is 132 Å². The maximum absolute atomic E-state index is 11.7. The summed E-state index contributed by atoms with van der Waals surface area (Å²) in [5.41, 5.74) is 0. The number of carbonyl (C=O) groups excluding carboxylic acids is 1. The molecule has 0 heterocycles. The zero-order valence-electron chi connectivity index (χ0n) is 13.5. The lowest BCUT2D eigenvalue weighted by atomic mass is 9.82. The van der Waals surface area contributed by atoms with E-state index in [4.69, 9.17) is 20.1 Å². The Bertz CT molecular complexity index is 295.